The van der Waals surface area contributed by atoms with Crippen LogP contribution < -0.4 is 0 Å². The second kappa shape index (κ2) is 3.96. The molecule has 0 aliphatic carbocycles. The van der Waals surface area contributed by atoms with E-state index in [1.54, 1.807) is 4.90 Å². The van der Waals surface area contributed by atoms with E-state index in [1.165, 1.54) is 0 Å². The third-order valence-corrected chi connectivity index (χ3v) is 3.10. The Labute approximate surface area is 89.6 Å². The van der Waals surface area contributed by atoms with Crippen molar-refractivity contribution in [2.24, 2.45) is 5.92 Å². The van der Waals surface area contributed by atoms with E-state index >= 15 is 0 Å². The highest BCUT2D eigenvalue weighted by Crippen LogP contribution is 2.37. The lowest BCUT2D eigenvalue weighted by atomic mass is 9.88. The summed E-state index contributed by atoms with van der Waals surface area (Å²) in [6.45, 7) is 8.00. The number of halogens is 3. The van der Waals surface area contributed by atoms with Crippen molar-refractivity contribution in [3.63, 3.8) is 0 Å². The molecular weight excluding hydrogens is 203 g/mol. The van der Waals surface area contributed by atoms with Gasteiger partial charge in [-0.1, -0.05) is 6.92 Å². The standard InChI is InChI=1S/C11H20F3N/c1-8-5-6-15(10(2,3)4)9(7-8)11(12,13)14/h8-9H,5-7H2,1-4H3. The lowest BCUT2D eigenvalue weighted by molar-refractivity contribution is -0.208. The van der Waals surface area contributed by atoms with E-state index in [4.69, 9.17) is 0 Å². The average Bonchev–Trinajstić information content (AvgIpc) is 2.00. The predicted molar refractivity (Wildman–Crippen MR) is 54.7 cm³/mol. The number of rotatable bonds is 0. The molecule has 90 valence electrons. The van der Waals surface area contributed by atoms with Gasteiger partial charge in [-0.3, -0.25) is 4.90 Å². The molecule has 15 heavy (non-hydrogen) atoms. The van der Waals surface area contributed by atoms with Crippen LogP contribution in [0.2, 0.25) is 0 Å². The number of hydrogen-bond acceptors (Lipinski definition) is 1. The highest BCUT2D eigenvalue weighted by molar-refractivity contribution is 4.91. The molecule has 0 radical (unpaired) electrons. The Kier molecular flexibility index (Phi) is 3.39. The van der Waals surface area contributed by atoms with Crippen molar-refractivity contribution in [2.75, 3.05) is 6.54 Å². The molecule has 2 unspecified atom stereocenters. The quantitative estimate of drug-likeness (QED) is 0.608. The van der Waals surface area contributed by atoms with Crippen molar-refractivity contribution in [3.05, 3.63) is 0 Å². The molecule has 4 heteroatoms. The molecule has 0 saturated carbocycles. The zero-order valence-corrected chi connectivity index (χ0v) is 9.86. The summed E-state index contributed by atoms with van der Waals surface area (Å²) in [6, 6.07) is -1.26. The van der Waals surface area contributed by atoms with E-state index in [2.05, 4.69) is 0 Å². The molecular formula is C11H20F3N. The van der Waals surface area contributed by atoms with Crippen LogP contribution in [0.3, 0.4) is 0 Å². The first-order valence-corrected chi connectivity index (χ1v) is 5.46. The third kappa shape index (κ3) is 3.10. The van der Waals surface area contributed by atoms with Crippen LogP contribution in [0.5, 0.6) is 0 Å². The van der Waals surface area contributed by atoms with Gasteiger partial charge in [-0.25, -0.2) is 0 Å². The molecule has 0 aromatic carbocycles. The summed E-state index contributed by atoms with van der Waals surface area (Å²) < 4.78 is 38.6. The van der Waals surface area contributed by atoms with Gasteiger partial charge in [0.25, 0.3) is 0 Å². The topological polar surface area (TPSA) is 3.24 Å². The summed E-state index contributed by atoms with van der Waals surface area (Å²) in [7, 11) is 0. The van der Waals surface area contributed by atoms with Crippen LogP contribution in [0, 0.1) is 5.92 Å². The highest BCUT2D eigenvalue weighted by atomic mass is 19.4. The predicted octanol–water partition coefficient (Wildman–Crippen LogP) is 3.45. The molecule has 0 amide bonds. The van der Waals surface area contributed by atoms with Gasteiger partial charge in [-0.15, -0.1) is 0 Å². The molecule has 1 aliphatic heterocycles. The second-order valence-electron chi connectivity index (χ2n) is 5.55. The molecule has 1 fully saturated rings. The van der Waals surface area contributed by atoms with Crippen LogP contribution in [-0.4, -0.2) is 29.2 Å². The largest absolute Gasteiger partial charge is 0.404 e. The van der Waals surface area contributed by atoms with Crippen molar-refractivity contribution < 1.29 is 13.2 Å². The number of likely N-dealkylation sites (tertiary alicyclic amines) is 1. The van der Waals surface area contributed by atoms with E-state index in [9.17, 15) is 13.2 Å². The Morgan fingerprint density at radius 3 is 2.07 bits per heavy atom. The molecule has 0 aromatic rings. The van der Waals surface area contributed by atoms with Crippen molar-refractivity contribution in [1.29, 1.82) is 0 Å². The maximum absolute atomic E-state index is 12.9. The molecule has 1 nitrogen and oxygen atoms in total. The molecule has 1 rings (SSSR count). The van der Waals surface area contributed by atoms with Crippen LogP contribution in [0.4, 0.5) is 13.2 Å². The molecule has 1 saturated heterocycles. The zero-order chi connectivity index (χ0) is 11.9. The number of piperidine rings is 1. The van der Waals surface area contributed by atoms with Gasteiger partial charge >= 0.3 is 6.18 Å². The molecule has 1 aliphatic rings. The van der Waals surface area contributed by atoms with Crippen molar-refractivity contribution in [3.8, 4) is 0 Å². The zero-order valence-electron chi connectivity index (χ0n) is 9.86. The SMILES string of the molecule is CC1CCN(C(C)(C)C)C(C(F)(F)F)C1. The Bertz CT molecular complexity index is 217. The van der Waals surface area contributed by atoms with Crippen LogP contribution in [0.1, 0.15) is 40.5 Å². The maximum Gasteiger partial charge on any atom is 0.404 e. The number of hydrogen-bond donors (Lipinski definition) is 0. The van der Waals surface area contributed by atoms with E-state index in [-0.39, 0.29) is 12.3 Å². The van der Waals surface area contributed by atoms with E-state index in [0.717, 1.165) is 6.42 Å². The first-order valence-electron chi connectivity index (χ1n) is 5.46. The maximum atomic E-state index is 12.9. The van der Waals surface area contributed by atoms with Crippen LogP contribution in [-0.2, 0) is 0 Å². The van der Waals surface area contributed by atoms with Crippen LogP contribution >= 0.6 is 0 Å². The molecule has 0 N–H and O–H groups in total. The summed E-state index contributed by atoms with van der Waals surface area (Å²) in [5.74, 6) is 0.176. The van der Waals surface area contributed by atoms with E-state index < -0.39 is 17.8 Å². The minimum atomic E-state index is -4.10. The molecule has 0 bridgehead atoms. The minimum absolute atomic E-state index is 0.176. The lowest BCUT2D eigenvalue weighted by Crippen LogP contribution is -2.57. The normalized spacial score (nSPS) is 30.6. The van der Waals surface area contributed by atoms with Crippen molar-refractivity contribution in [1.82, 2.24) is 4.90 Å². The van der Waals surface area contributed by atoms with Gasteiger partial charge in [0.2, 0.25) is 0 Å². The van der Waals surface area contributed by atoms with Gasteiger partial charge in [0.1, 0.15) is 6.04 Å². The van der Waals surface area contributed by atoms with Gasteiger partial charge < -0.3 is 0 Å². The summed E-state index contributed by atoms with van der Waals surface area (Å²) in [5.41, 5.74) is -0.402. The van der Waals surface area contributed by atoms with Gasteiger partial charge in [0, 0.05) is 5.54 Å². The molecule has 1 heterocycles. The smallest absolute Gasteiger partial charge is 0.287 e. The van der Waals surface area contributed by atoms with Crippen LogP contribution in [0.15, 0.2) is 0 Å². The monoisotopic (exact) mass is 223 g/mol. The van der Waals surface area contributed by atoms with E-state index in [1.807, 2.05) is 27.7 Å². The summed E-state index contributed by atoms with van der Waals surface area (Å²) in [4.78, 5) is 1.59. The van der Waals surface area contributed by atoms with Gasteiger partial charge in [0.05, 0.1) is 0 Å². The minimum Gasteiger partial charge on any atom is -0.287 e. The van der Waals surface area contributed by atoms with Gasteiger partial charge in [0.15, 0.2) is 0 Å². The summed E-state index contributed by atoms with van der Waals surface area (Å²) >= 11 is 0. The Morgan fingerprint density at radius 2 is 1.67 bits per heavy atom. The fraction of sp³-hybridized carbons (Fsp3) is 1.00. The molecule has 2 atom stereocenters. The average molecular weight is 223 g/mol. The van der Waals surface area contributed by atoms with Gasteiger partial charge in [-0.05, 0) is 46.1 Å². The fourth-order valence-electron chi connectivity index (χ4n) is 2.25. The number of alkyl halides is 3. The molecule has 0 spiro atoms. The second-order valence-corrected chi connectivity index (χ2v) is 5.55. The summed E-state index contributed by atoms with van der Waals surface area (Å²) in [5, 5.41) is 0. The summed E-state index contributed by atoms with van der Waals surface area (Å²) in [6.07, 6.45) is -2.99. The Morgan fingerprint density at radius 1 is 1.13 bits per heavy atom. The van der Waals surface area contributed by atoms with E-state index in [0.29, 0.717) is 6.54 Å². The number of nitrogens with zero attached hydrogens (tertiary/aromatic N) is 1. The lowest BCUT2D eigenvalue weighted by Gasteiger charge is -2.46. The first-order chi connectivity index (χ1) is 6.62. The van der Waals surface area contributed by atoms with Crippen molar-refractivity contribution >= 4 is 0 Å². The Hall–Kier alpha value is -0.250. The highest BCUT2D eigenvalue weighted by Gasteiger charge is 2.48. The van der Waals surface area contributed by atoms with Crippen LogP contribution in [0.25, 0.3) is 0 Å². The Balaban J connectivity index is 2.85. The van der Waals surface area contributed by atoms with Crippen molar-refractivity contribution in [2.45, 2.75) is 58.3 Å². The first kappa shape index (κ1) is 12.8. The molecule has 0 aromatic heterocycles. The van der Waals surface area contributed by atoms with Gasteiger partial charge in [-0.2, -0.15) is 13.2 Å². The third-order valence-electron chi connectivity index (χ3n) is 3.10. The fourth-order valence-corrected chi connectivity index (χ4v) is 2.25.